The lowest BCUT2D eigenvalue weighted by Gasteiger charge is -2.12. The van der Waals surface area contributed by atoms with Crippen LogP contribution >= 0.6 is 0 Å². The van der Waals surface area contributed by atoms with E-state index in [9.17, 15) is 0 Å². The van der Waals surface area contributed by atoms with Crippen molar-refractivity contribution in [3.8, 4) is 45.3 Å². The van der Waals surface area contributed by atoms with E-state index in [4.69, 9.17) is 19.4 Å². The summed E-state index contributed by atoms with van der Waals surface area (Å²) in [5.41, 5.74) is 9.18. The van der Waals surface area contributed by atoms with E-state index in [1.165, 1.54) is 16.7 Å². The first-order valence-electron chi connectivity index (χ1n) is 13.7. The van der Waals surface area contributed by atoms with Gasteiger partial charge < -0.3 is 9.73 Å². The summed E-state index contributed by atoms with van der Waals surface area (Å²) >= 11 is 0. The number of rotatable bonds is 4. The molecule has 0 fully saturated rings. The summed E-state index contributed by atoms with van der Waals surface area (Å²) < 4.78 is 6.34. The van der Waals surface area contributed by atoms with Crippen molar-refractivity contribution in [2.75, 3.05) is 0 Å². The Morgan fingerprint density at radius 2 is 1.20 bits per heavy atom. The van der Waals surface area contributed by atoms with Gasteiger partial charge in [-0.2, -0.15) is 0 Å². The molecule has 5 aromatic carbocycles. The van der Waals surface area contributed by atoms with Crippen molar-refractivity contribution < 1.29 is 4.42 Å². The Bertz CT molecular complexity index is 2080. The predicted octanol–water partition coefficient (Wildman–Crippen LogP) is 8.51. The van der Waals surface area contributed by atoms with Crippen LogP contribution in [0.2, 0.25) is 0 Å². The number of hydrogen-bond acceptors (Lipinski definition) is 5. The van der Waals surface area contributed by atoms with E-state index in [0.29, 0.717) is 17.5 Å². The second-order valence-corrected chi connectivity index (χ2v) is 10.2. The molecule has 0 spiro atoms. The lowest BCUT2D eigenvalue weighted by atomic mass is 9.99. The van der Waals surface area contributed by atoms with Gasteiger partial charge in [0.1, 0.15) is 11.2 Å². The van der Waals surface area contributed by atoms with Gasteiger partial charge in [-0.25, -0.2) is 15.0 Å². The van der Waals surface area contributed by atoms with Crippen molar-refractivity contribution in [2.24, 2.45) is 0 Å². The zero-order valence-corrected chi connectivity index (χ0v) is 22.1. The molecule has 5 nitrogen and oxygen atoms in total. The molecule has 41 heavy (non-hydrogen) atoms. The summed E-state index contributed by atoms with van der Waals surface area (Å²) in [6, 6.07) is 39.2. The first-order chi connectivity index (χ1) is 20.3. The smallest absolute Gasteiger partial charge is 0.164 e. The van der Waals surface area contributed by atoms with Gasteiger partial charge in [-0.3, -0.25) is 0 Å². The Morgan fingerprint density at radius 3 is 1.95 bits per heavy atom. The lowest BCUT2D eigenvalue weighted by molar-refractivity contribution is 0.668. The zero-order chi connectivity index (χ0) is 27.2. The largest absolute Gasteiger partial charge is 0.456 e. The summed E-state index contributed by atoms with van der Waals surface area (Å²) in [7, 11) is 0. The van der Waals surface area contributed by atoms with E-state index in [1.807, 2.05) is 54.7 Å². The Hall–Kier alpha value is -5.55. The first kappa shape index (κ1) is 23.3. The lowest BCUT2D eigenvalue weighted by Crippen LogP contribution is -2.09. The van der Waals surface area contributed by atoms with Crippen LogP contribution in [0, 0.1) is 0 Å². The normalized spacial score (nSPS) is 12.4. The van der Waals surface area contributed by atoms with E-state index in [1.54, 1.807) is 0 Å². The highest BCUT2D eigenvalue weighted by molar-refractivity contribution is 6.12. The van der Waals surface area contributed by atoms with E-state index >= 15 is 0 Å². The van der Waals surface area contributed by atoms with E-state index in [-0.39, 0.29) is 0 Å². The average molecular weight is 529 g/mol. The van der Waals surface area contributed by atoms with Crippen molar-refractivity contribution in [2.45, 2.75) is 6.54 Å². The summed E-state index contributed by atoms with van der Waals surface area (Å²) in [4.78, 5) is 15.0. The molecule has 0 atom stereocenters. The Balaban J connectivity index is 1.32. The molecule has 0 bridgehead atoms. The predicted molar refractivity (Wildman–Crippen MR) is 165 cm³/mol. The van der Waals surface area contributed by atoms with Gasteiger partial charge in [0.25, 0.3) is 0 Å². The second kappa shape index (κ2) is 9.57. The molecule has 1 aliphatic heterocycles. The summed E-state index contributed by atoms with van der Waals surface area (Å²) in [6.45, 7) is 0.781. The van der Waals surface area contributed by atoms with Crippen molar-refractivity contribution in [3.05, 3.63) is 133 Å². The van der Waals surface area contributed by atoms with Crippen LogP contribution in [0.4, 0.5) is 0 Å². The topological polar surface area (TPSA) is 63.8 Å². The molecular weight excluding hydrogens is 504 g/mol. The van der Waals surface area contributed by atoms with Gasteiger partial charge in [-0.05, 0) is 52.7 Å². The van der Waals surface area contributed by atoms with Crippen molar-refractivity contribution in [1.29, 1.82) is 0 Å². The fraction of sp³-hybridized carbons (Fsp3) is 0.0278. The van der Waals surface area contributed by atoms with Gasteiger partial charge in [0, 0.05) is 34.0 Å². The van der Waals surface area contributed by atoms with Crippen molar-refractivity contribution >= 4 is 28.0 Å². The number of nitrogens with one attached hydrogen (secondary N) is 1. The van der Waals surface area contributed by atoms with Crippen LogP contribution in [0.3, 0.4) is 0 Å². The summed E-state index contributed by atoms with van der Waals surface area (Å²) in [5.74, 6) is 1.88. The molecule has 7 aromatic rings. The maximum atomic E-state index is 6.34. The van der Waals surface area contributed by atoms with E-state index in [0.717, 1.165) is 50.7 Å². The molecule has 0 saturated heterocycles. The van der Waals surface area contributed by atoms with E-state index < -0.39 is 0 Å². The highest BCUT2D eigenvalue weighted by Crippen LogP contribution is 2.38. The molecular formula is C36H24N4O. The number of fused-ring (bicyclic) bond motifs is 4. The van der Waals surface area contributed by atoms with Crippen LogP contribution in [0.1, 0.15) is 11.1 Å². The molecule has 194 valence electrons. The molecule has 1 aliphatic rings. The quantitative estimate of drug-likeness (QED) is 0.248. The maximum Gasteiger partial charge on any atom is 0.164 e. The van der Waals surface area contributed by atoms with Crippen molar-refractivity contribution in [3.63, 3.8) is 0 Å². The third-order valence-corrected chi connectivity index (χ3v) is 7.59. The highest BCUT2D eigenvalue weighted by atomic mass is 16.3. The number of nitrogens with zero attached hydrogens (tertiary/aromatic N) is 3. The van der Waals surface area contributed by atoms with Gasteiger partial charge >= 0.3 is 0 Å². The van der Waals surface area contributed by atoms with Crippen LogP contribution in [0.25, 0.3) is 73.3 Å². The second-order valence-electron chi connectivity index (χ2n) is 10.2. The third-order valence-electron chi connectivity index (χ3n) is 7.59. The Labute approximate surface area is 236 Å². The molecule has 0 aliphatic carbocycles. The number of benzene rings is 5. The molecule has 0 amide bonds. The van der Waals surface area contributed by atoms with Crippen LogP contribution in [-0.2, 0) is 6.54 Å². The van der Waals surface area contributed by atoms with Crippen LogP contribution in [0.15, 0.2) is 126 Å². The van der Waals surface area contributed by atoms with E-state index in [2.05, 4.69) is 78.1 Å². The molecule has 0 radical (unpaired) electrons. The maximum absolute atomic E-state index is 6.34. The number of furan rings is 1. The molecule has 0 saturated carbocycles. The fourth-order valence-electron chi connectivity index (χ4n) is 5.53. The minimum absolute atomic E-state index is 0.616. The Morgan fingerprint density at radius 1 is 0.561 bits per heavy atom. The molecule has 0 unspecified atom stereocenters. The van der Waals surface area contributed by atoms with Gasteiger partial charge in [-0.15, -0.1) is 0 Å². The number of aromatic nitrogens is 3. The molecule has 2 aromatic heterocycles. The van der Waals surface area contributed by atoms with Gasteiger partial charge in [-0.1, -0.05) is 97.1 Å². The molecule has 5 heteroatoms. The fourth-order valence-corrected chi connectivity index (χ4v) is 5.53. The summed E-state index contributed by atoms with van der Waals surface area (Å²) in [5, 5.41) is 5.38. The van der Waals surface area contributed by atoms with Crippen LogP contribution in [-0.4, -0.2) is 15.0 Å². The van der Waals surface area contributed by atoms with Crippen molar-refractivity contribution in [1.82, 2.24) is 20.3 Å². The van der Waals surface area contributed by atoms with Gasteiger partial charge in [0.15, 0.2) is 17.5 Å². The minimum Gasteiger partial charge on any atom is -0.456 e. The van der Waals surface area contributed by atoms with Crippen LogP contribution in [0.5, 0.6) is 0 Å². The van der Waals surface area contributed by atoms with Crippen LogP contribution < -0.4 is 5.32 Å². The number of hydrogen-bond donors (Lipinski definition) is 1. The van der Waals surface area contributed by atoms with Gasteiger partial charge in [0.2, 0.25) is 0 Å². The SMILES string of the molecule is C1=Cc2cc3oc4cccc(-c5nc(-c6ccccc6)nc(-c6ccc(-c7ccccc7)cc6)n5)c4c3cc2CN1. The monoisotopic (exact) mass is 528 g/mol. The minimum atomic E-state index is 0.616. The zero-order valence-electron chi connectivity index (χ0n) is 22.1. The first-order valence-corrected chi connectivity index (χ1v) is 13.7. The molecule has 1 N–H and O–H groups in total. The molecule has 8 rings (SSSR count). The summed E-state index contributed by atoms with van der Waals surface area (Å²) in [6.07, 6.45) is 4.06. The third kappa shape index (κ3) is 4.15. The van der Waals surface area contributed by atoms with Gasteiger partial charge in [0.05, 0.1) is 0 Å². The molecule has 3 heterocycles. The Kier molecular flexibility index (Phi) is 5.45. The highest BCUT2D eigenvalue weighted by Gasteiger charge is 2.19. The standard InChI is InChI=1S/C36H24N4O/c1-3-8-23(9-4-1)24-14-16-26(17-15-24)35-38-34(25-10-5-2-6-11-25)39-36(40-35)29-12-7-13-31-33(29)30-20-28-22-37-19-18-27(28)21-32(30)41-31/h1-21,37H,22H2. The average Bonchev–Trinajstić information content (AvgIpc) is 3.42.